The molecule has 2 heterocycles. The van der Waals surface area contributed by atoms with Crippen molar-refractivity contribution >= 4 is 34.2 Å². The van der Waals surface area contributed by atoms with E-state index in [1.54, 1.807) is 17.8 Å². The number of fused-ring (bicyclic) bond motifs is 1. The average Bonchev–Trinajstić information content (AvgIpc) is 3.37. The van der Waals surface area contributed by atoms with E-state index in [1.165, 1.54) is 18.2 Å². The molecule has 0 atom stereocenters. The number of aromatic nitrogens is 3. The lowest BCUT2D eigenvalue weighted by Crippen LogP contribution is -2.14. The Bertz CT molecular complexity index is 1010. The van der Waals surface area contributed by atoms with E-state index in [9.17, 15) is 9.18 Å². The molecule has 0 bridgehead atoms. The maximum atomic E-state index is 14.0. The highest BCUT2D eigenvalue weighted by molar-refractivity contribution is 6.30. The number of carbonyl (C=O) groups is 1. The van der Waals surface area contributed by atoms with Gasteiger partial charge >= 0.3 is 0 Å². The first-order valence-corrected chi connectivity index (χ1v) is 8.42. The molecule has 3 aromatic rings. The monoisotopic (exact) mass is 358 g/mol. The van der Waals surface area contributed by atoms with E-state index in [1.807, 2.05) is 6.92 Å². The summed E-state index contributed by atoms with van der Waals surface area (Å²) >= 11 is 5.76. The van der Waals surface area contributed by atoms with Gasteiger partial charge in [-0.05, 0) is 44.0 Å². The zero-order valence-electron chi connectivity index (χ0n) is 13.8. The predicted octanol–water partition coefficient (Wildman–Crippen LogP) is 4.20. The van der Waals surface area contributed by atoms with Crippen molar-refractivity contribution in [2.75, 3.05) is 5.32 Å². The van der Waals surface area contributed by atoms with Gasteiger partial charge in [0, 0.05) is 23.7 Å². The largest absolute Gasteiger partial charge is 0.319 e. The summed E-state index contributed by atoms with van der Waals surface area (Å²) in [7, 11) is 1.81. The minimum absolute atomic E-state index is 0.0916. The molecule has 4 rings (SSSR count). The first kappa shape index (κ1) is 16.0. The van der Waals surface area contributed by atoms with Crippen LogP contribution in [0.4, 0.5) is 10.1 Å². The zero-order valence-corrected chi connectivity index (χ0v) is 14.6. The molecule has 7 heteroatoms. The van der Waals surface area contributed by atoms with Crippen molar-refractivity contribution in [1.29, 1.82) is 0 Å². The average molecular weight is 359 g/mol. The molecule has 0 unspecified atom stereocenters. The van der Waals surface area contributed by atoms with Gasteiger partial charge in [-0.2, -0.15) is 5.10 Å². The van der Waals surface area contributed by atoms with Crippen LogP contribution in [0.2, 0.25) is 5.02 Å². The summed E-state index contributed by atoms with van der Waals surface area (Å²) in [6.07, 6.45) is 2.14. The summed E-state index contributed by atoms with van der Waals surface area (Å²) in [5.41, 5.74) is 2.83. The van der Waals surface area contributed by atoms with Crippen LogP contribution in [-0.2, 0) is 7.05 Å². The maximum absolute atomic E-state index is 14.0. The number of pyridine rings is 1. The van der Waals surface area contributed by atoms with Gasteiger partial charge in [-0.1, -0.05) is 11.6 Å². The second-order valence-corrected chi connectivity index (χ2v) is 6.79. The van der Waals surface area contributed by atoms with Crippen LogP contribution in [0.15, 0.2) is 24.3 Å². The molecule has 0 radical (unpaired) electrons. The van der Waals surface area contributed by atoms with Gasteiger partial charge in [-0.25, -0.2) is 9.37 Å². The fraction of sp³-hybridized carbons (Fsp3) is 0.278. The summed E-state index contributed by atoms with van der Waals surface area (Å²) < 4.78 is 15.7. The third-order valence-electron chi connectivity index (χ3n) is 4.41. The number of hydrogen-bond donors (Lipinski definition) is 1. The molecule has 0 spiro atoms. The van der Waals surface area contributed by atoms with Crippen LogP contribution in [0.1, 0.15) is 40.5 Å². The van der Waals surface area contributed by atoms with Gasteiger partial charge in [-0.3, -0.25) is 9.48 Å². The van der Waals surface area contributed by atoms with Crippen molar-refractivity contribution in [1.82, 2.24) is 14.8 Å². The SMILES string of the molecule is Cc1nn(C)c2nc(C3CC3)cc(C(=O)Nc3ccc(Cl)cc3F)c12. The Hall–Kier alpha value is -2.47. The van der Waals surface area contributed by atoms with Gasteiger partial charge in [0.25, 0.3) is 5.91 Å². The molecule has 1 N–H and O–H groups in total. The normalized spacial score (nSPS) is 14.1. The number of nitrogens with one attached hydrogen (secondary N) is 1. The standard InChI is InChI=1S/C18H16ClFN4O/c1-9-16-12(18(25)22-14-6-5-11(19)7-13(14)20)8-15(10-3-4-10)21-17(16)24(2)23-9/h5-8,10H,3-4H2,1-2H3,(H,22,25). The Kier molecular flexibility index (Phi) is 3.72. The minimum Gasteiger partial charge on any atom is -0.319 e. The van der Waals surface area contributed by atoms with E-state index < -0.39 is 5.82 Å². The summed E-state index contributed by atoms with van der Waals surface area (Å²) in [5, 5.41) is 7.98. The first-order valence-electron chi connectivity index (χ1n) is 8.04. The number of amides is 1. The highest BCUT2D eigenvalue weighted by Crippen LogP contribution is 2.40. The molecular formula is C18H16ClFN4O. The van der Waals surface area contributed by atoms with Gasteiger partial charge in [-0.15, -0.1) is 0 Å². The molecule has 5 nitrogen and oxygen atoms in total. The Labute approximate surface area is 148 Å². The van der Waals surface area contributed by atoms with E-state index in [4.69, 9.17) is 11.6 Å². The van der Waals surface area contributed by atoms with Gasteiger partial charge in [0.05, 0.1) is 22.3 Å². The highest BCUT2D eigenvalue weighted by Gasteiger charge is 2.28. The molecule has 2 aromatic heterocycles. The van der Waals surface area contributed by atoms with Crippen LogP contribution in [0, 0.1) is 12.7 Å². The number of aryl methyl sites for hydroxylation is 2. The fourth-order valence-corrected chi connectivity index (χ4v) is 3.17. The second-order valence-electron chi connectivity index (χ2n) is 6.35. The van der Waals surface area contributed by atoms with Crippen LogP contribution < -0.4 is 5.32 Å². The fourth-order valence-electron chi connectivity index (χ4n) is 3.01. The molecule has 128 valence electrons. The molecule has 1 fully saturated rings. The highest BCUT2D eigenvalue weighted by atomic mass is 35.5. The quantitative estimate of drug-likeness (QED) is 0.763. The summed E-state index contributed by atoms with van der Waals surface area (Å²) in [6.45, 7) is 1.83. The second kappa shape index (κ2) is 5.81. The lowest BCUT2D eigenvalue weighted by atomic mass is 10.1. The molecule has 1 aliphatic carbocycles. The number of benzene rings is 1. The number of nitrogens with zero attached hydrogens (tertiary/aromatic N) is 3. The van der Waals surface area contributed by atoms with E-state index >= 15 is 0 Å². The molecular weight excluding hydrogens is 343 g/mol. The van der Waals surface area contributed by atoms with Crippen molar-refractivity contribution in [3.63, 3.8) is 0 Å². The van der Waals surface area contributed by atoms with Crippen LogP contribution in [-0.4, -0.2) is 20.7 Å². The van der Waals surface area contributed by atoms with Gasteiger partial charge in [0.1, 0.15) is 5.82 Å². The van der Waals surface area contributed by atoms with E-state index in [2.05, 4.69) is 15.4 Å². The van der Waals surface area contributed by atoms with Gasteiger partial charge in [0.2, 0.25) is 0 Å². The number of rotatable bonds is 3. The predicted molar refractivity (Wildman–Crippen MR) is 94.6 cm³/mol. The van der Waals surface area contributed by atoms with Crippen LogP contribution in [0.3, 0.4) is 0 Å². The van der Waals surface area contributed by atoms with Crippen molar-refractivity contribution in [2.45, 2.75) is 25.7 Å². The third-order valence-corrected chi connectivity index (χ3v) is 4.64. The molecule has 25 heavy (non-hydrogen) atoms. The topological polar surface area (TPSA) is 59.8 Å². The Morgan fingerprint density at radius 2 is 2.12 bits per heavy atom. The number of anilines is 1. The van der Waals surface area contributed by atoms with E-state index in [0.717, 1.165) is 18.5 Å². The van der Waals surface area contributed by atoms with Crippen molar-refractivity contribution in [2.24, 2.45) is 7.05 Å². The summed E-state index contributed by atoms with van der Waals surface area (Å²) in [6, 6.07) is 5.96. The smallest absolute Gasteiger partial charge is 0.256 e. The molecule has 1 aromatic carbocycles. The van der Waals surface area contributed by atoms with E-state index in [-0.39, 0.29) is 16.6 Å². The number of carbonyl (C=O) groups excluding carboxylic acids is 1. The Morgan fingerprint density at radius 3 is 2.80 bits per heavy atom. The van der Waals surface area contributed by atoms with Crippen LogP contribution >= 0.6 is 11.6 Å². The van der Waals surface area contributed by atoms with Crippen LogP contribution in [0.5, 0.6) is 0 Å². The van der Waals surface area contributed by atoms with Crippen molar-refractivity contribution in [3.8, 4) is 0 Å². The Morgan fingerprint density at radius 1 is 1.36 bits per heavy atom. The van der Waals surface area contributed by atoms with Crippen molar-refractivity contribution < 1.29 is 9.18 Å². The molecule has 0 saturated heterocycles. The molecule has 1 aliphatic rings. The maximum Gasteiger partial charge on any atom is 0.256 e. The van der Waals surface area contributed by atoms with Crippen molar-refractivity contribution in [3.05, 3.63) is 52.1 Å². The minimum atomic E-state index is -0.573. The summed E-state index contributed by atoms with van der Waals surface area (Å²) in [4.78, 5) is 17.5. The zero-order chi connectivity index (χ0) is 17.7. The molecule has 1 amide bonds. The third kappa shape index (κ3) is 2.87. The lowest BCUT2D eigenvalue weighted by Gasteiger charge is -2.10. The van der Waals surface area contributed by atoms with E-state index in [0.29, 0.717) is 28.2 Å². The molecule has 0 aliphatic heterocycles. The molecule has 1 saturated carbocycles. The lowest BCUT2D eigenvalue weighted by molar-refractivity contribution is 0.102. The van der Waals surface area contributed by atoms with Gasteiger partial charge in [0.15, 0.2) is 5.65 Å². The summed E-state index contributed by atoms with van der Waals surface area (Å²) in [5.74, 6) is -0.568. The van der Waals surface area contributed by atoms with Gasteiger partial charge < -0.3 is 5.32 Å². The number of halogens is 2. The number of hydrogen-bond acceptors (Lipinski definition) is 3. The van der Waals surface area contributed by atoms with Crippen LogP contribution in [0.25, 0.3) is 11.0 Å². The first-order chi connectivity index (χ1) is 11.9. The Balaban J connectivity index is 1.80.